The summed E-state index contributed by atoms with van der Waals surface area (Å²) in [4.78, 5) is 16.0. The van der Waals surface area contributed by atoms with E-state index >= 15 is 0 Å². The van der Waals surface area contributed by atoms with Crippen molar-refractivity contribution in [2.45, 2.75) is 13.0 Å². The molecule has 1 aromatic heterocycles. The minimum Gasteiger partial charge on any atom is -0.344 e. The molecule has 0 aliphatic rings. The molecule has 0 spiro atoms. The van der Waals surface area contributed by atoms with Crippen molar-refractivity contribution in [3.05, 3.63) is 63.9 Å². The molecule has 19 heavy (non-hydrogen) atoms. The summed E-state index contributed by atoms with van der Waals surface area (Å²) in [6, 6.07) is 10.4. The number of hydrogen-bond acceptors (Lipinski definition) is 2. The van der Waals surface area contributed by atoms with E-state index in [2.05, 4.69) is 10.3 Å². The number of amides is 1. The van der Waals surface area contributed by atoms with E-state index in [4.69, 9.17) is 23.2 Å². The fourth-order valence-corrected chi connectivity index (χ4v) is 2.02. The zero-order valence-electron chi connectivity index (χ0n) is 10.2. The van der Waals surface area contributed by atoms with Gasteiger partial charge in [0, 0.05) is 16.2 Å². The SMILES string of the molecule is CC(NC(=O)c1cc(Cl)ccn1)c1cccc(Cl)c1. The predicted molar refractivity (Wildman–Crippen MR) is 76.6 cm³/mol. The van der Waals surface area contributed by atoms with Crippen molar-refractivity contribution in [3.63, 3.8) is 0 Å². The highest BCUT2D eigenvalue weighted by Crippen LogP contribution is 2.18. The second-order valence-corrected chi connectivity index (χ2v) is 4.98. The standard InChI is InChI=1S/C14H12Cl2N2O/c1-9(10-3-2-4-11(15)7-10)18-14(19)13-8-12(16)5-6-17-13/h2-9H,1H3,(H,18,19). The number of nitrogens with one attached hydrogen (secondary N) is 1. The van der Waals surface area contributed by atoms with Crippen LogP contribution in [0.5, 0.6) is 0 Å². The van der Waals surface area contributed by atoms with Crippen LogP contribution in [0.3, 0.4) is 0 Å². The molecule has 0 bridgehead atoms. The Bertz CT molecular complexity index is 602. The Balaban J connectivity index is 2.11. The second-order valence-electron chi connectivity index (χ2n) is 4.11. The van der Waals surface area contributed by atoms with E-state index in [1.165, 1.54) is 12.3 Å². The molecule has 2 aromatic rings. The molecule has 0 saturated heterocycles. The zero-order chi connectivity index (χ0) is 13.8. The van der Waals surface area contributed by atoms with Crippen LogP contribution in [-0.2, 0) is 0 Å². The van der Waals surface area contributed by atoms with E-state index in [1.807, 2.05) is 25.1 Å². The monoisotopic (exact) mass is 294 g/mol. The molecule has 5 heteroatoms. The van der Waals surface area contributed by atoms with Gasteiger partial charge in [0.25, 0.3) is 5.91 Å². The minimum absolute atomic E-state index is 0.160. The molecule has 98 valence electrons. The molecular weight excluding hydrogens is 283 g/mol. The van der Waals surface area contributed by atoms with E-state index in [9.17, 15) is 4.79 Å². The topological polar surface area (TPSA) is 42.0 Å². The van der Waals surface area contributed by atoms with Gasteiger partial charge in [-0.2, -0.15) is 0 Å². The van der Waals surface area contributed by atoms with Gasteiger partial charge in [-0.3, -0.25) is 9.78 Å². The van der Waals surface area contributed by atoms with Gasteiger partial charge >= 0.3 is 0 Å². The average molecular weight is 295 g/mol. The summed E-state index contributed by atoms with van der Waals surface area (Å²) in [5.41, 5.74) is 1.23. The highest BCUT2D eigenvalue weighted by molar-refractivity contribution is 6.31. The lowest BCUT2D eigenvalue weighted by molar-refractivity contribution is 0.0935. The third-order valence-corrected chi connectivity index (χ3v) is 3.12. The number of aromatic nitrogens is 1. The maximum Gasteiger partial charge on any atom is 0.270 e. The normalized spacial score (nSPS) is 11.9. The van der Waals surface area contributed by atoms with Gasteiger partial charge < -0.3 is 5.32 Å². The third-order valence-electron chi connectivity index (χ3n) is 2.65. The van der Waals surface area contributed by atoms with Gasteiger partial charge in [0.05, 0.1) is 6.04 Å². The summed E-state index contributed by atoms with van der Waals surface area (Å²) in [6.07, 6.45) is 1.50. The number of nitrogens with zero attached hydrogens (tertiary/aromatic N) is 1. The lowest BCUT2D eigenvalue weighted by Crippen LogP contribution is -2.27. The molecule has 0 aliphatic carbocycles. The first-order valence-corrected chi connectivity index (χ1v) is 6.50. The molecule has 1 heterocycles. The maximum atomic E-state index is 12.0. The Morgan fingerprint density at radius 2 is 1.95 bits per heavy atom. The van der Waals surface area contributed by atoms with Crippen molar-refractivity contribution in [1.82, 2.24) is 10.3 Å². The molecule has 2 rings (SSSR count). The number of halogens is 2. The third kappa shape index (κ3) is 3.69. The second kappa shape index (κ2) is 6.04. The highest BCUT2D eigenvalue weighted by atomic mass is 35.5. The Labute approximate surface area is 121 Å². The Kier molecular flexibility index (Phi) is 4.40. The van der Waals surface area contributed by atoms with Gasteiger partial charge in [0.2, 0.25) is 0 Å². The van der Waals surface area contributed by atoms with Crippen molar-refractivity contribution in [2.24, 2.45) is 0 Å². The first-order chi connectivity index (χ1) is 9.06. The van der Waals surface area contributed by atoms with E-state index in [1.54, 1.807) is 12.1 Å². The molecule has 1 aromatic carbocycles. The Morgan fingerprint density at radius 3 is 2.63 bits per heavy atom. The van der Waals surface area contributed by atoms with Crippen LogP contribution in [0.2, 0.25) is 10.0 Å². The number of rotatable bonds is 3. The summed E-state index contributed by atoms with van der Waals surface area (Å²) < 4.78 is 0. The van der Waals surface area contributed by atoms with Crippen molar-refractivity contribution in [2.75, 3.05) is 0 Å². The van der Waals surface area contributed by atoms with Crippen molar-refractivity contribution in [3.8, 4) is 0 Å². The lowest BCUT2D eigenvalue weighted by Gasteiger charge is -2.14. The van der Waals surface area contributed by atoms with Crippen LogP contribution in [0.25, 0.3) is 0 Å². The molecule has 0 aliphatic heterocycles. The van der Waals surface area contributed by atoms with Crippen LogP contribution in [-0.4, -0.2) is 10.9 Å². The van der Waals surface area contributed by atoms with Gasteiger partial charge in [-0.1, -0.05) is 35.3 Å². The summed E-state index contributed by atoms with van der Waals surface area (Å²) in [7, 11) is 0. The van der Waals surface area contributed by atoms with Crippen LogP contribution in [0.4, 0.5) is 0 Å². The molecule has 0 radical (unpaired) electrons. The molecule has 1 amide bonds. The zero-order valence-corrected chi connectivity index (χ0v) is 11.7. The smallest absolute Gasteiger partial charge is 0.270 e. The van der Waals surface area contributed by atoms with E-state index < -0.39 is 0 Å². The maximum absolute atomic E-state index is 12.0. The molecule has 0 saturated carbocycles. The number of benzene rings is 1. The largest absolute Gasteiger partial charge is 0.344 e. The Hall–Kier alpha value is -1.58. The van der Waals surface area contributed by atoms with Crippen LogP contribution >= 0.6 is 23.2 Å². The summed E-state index contributed by atoms with van der Waals surface area (Å²) in [6.45, 7) is 1.88. The van der Waals surface area contributed by atoms with Gasteiger partial charge in [0.1, 0.15) is 5.69 Å². The van der Waals surface area contributed by atoms with Gasteiger partial charge in [-0.15, -0.1) is 0 Å². The van der Waals surface area contributed by atoms with Crippen molar-refractivity contribution in [1.29, 1.82) is 0 Å². The molecule has 3 nitrogen and oxygen atoms in total. The molecule has 0 fully saturated rings. The van der Waals surface area contributed by atoms with E-state index in [0.29, 0.717) is 15.7 Å². The highest BCUT2D eigenvalue weighted by Gasteiger charge is 2.12. The fourth-order valence-electron chi connectivity index (χ4n) is 1.66. The molecule has 1 N–H and O–H groups in total. The quantitative estimate of drug-likeness (QED) is 0.933. The lowest BCUT2D eigenvalue weighted by atomic mass is 10.1. The Morgan fingerprint density at radius 1 is 1.21 bits per heavy atom. The number of carbonyl (C=O) groups excluding carboxylic acids is 1. The fraction of sp³-hybridized carbons (Fsp3) is 0.143. The summed E-state index contributed by atoms with van der Waals surface area (Å²) in [5, 5.41) is 3.97. The predicted octanol–water partition coefficient (Wildman–Crippen LogP) is 3.88. The summed E-state index contributed by atoms with van der Waals surface area (Å²) in [5.74, 6) is -0.269. The van der Waals surface area contributed by atoms with Crippen molar-refractivity contribution < 1.29 is 4.79 Å². The number of pyridine rings is 1. The molecule has 1 atom stereocenters. The van der Waals surface area contributed by atoms with E-state index in [0.717, 1.165) is 5.56 Å². The van der Waals surface area contributed by atoms with E-state index in [-0.39, 0.29) is 11.9 Å². The van der Waals surface area contributed by atoms with Crippen LogP contribution < -0.4 is 5.32 Å². The summed E-state index contributed by atoms with van der Waals surface area (Å²) >= 11 is 11.7. The average Bonchev–Trinajstić information content (AvgIpc) is 2.38. The van der Waals surface area contributed by atoms with Crippen LogP contribution in [0, 0.1) is 0 Å². The van der Waals surface area contributed by atoms with Gasteiger partial charge in [-0.25, -0.2) is 0 Å². The number of carbonyl (C=O) groups is 1. The van der Waals surface area contributed by atoms with Crippen LogP contribution in [0.1, 0.15) is 29.0 Å². The number of hydrogen-bond donors (Lipinski definition) is 1. The van der Waals surface area contributed by atoms with Crippen LogP contribution in [0.15, 0.2) is 42.6 Å². The molecular formula is C14H12Cl2N2O. The van der Waals surface area contributed by atoms with Gasteiger partial charge in [0.15, 0.2) is 0 Å². The minimum atomic E-state index is -0.269. The van der Waals surface area contributed by atoms with Crippen molar-refractivity contribution >= 4 is 29.1 Å². The first kappa shape index (κ1) is 13.8. The first-order valence-electron chi connectivity index (χ1n) is 5.74. The van der Waals surface area contributed by atoms with Gasteiger partial charge in [-0.05, 0) is 36.8 Å². The molecule has 1 unspecified atom stereocenters.